The van der Waals surface area contributed by atoms with Crippen LogP contribution in [0.4, 0.5) is 0 Å². The molecule has 2 aliphatic rings. The molecule has 2 nitrogen and oxygen atoms in total. The van der Waals surface area contributed by atoms with E-state index in [1.165, 1.54) is 0 Å². The van der Waals surface area contributed by atoms with Gasteiger partial charge in [-0.1, -0.05) is 72.8 Å². The van der Waals surface area contributed by atoms with Crippen molar-refractivity contribution in [2.75, 3.05) is 0 Å². The van der Waals surface area contributed by atoms with E-state index in [2.05, 4.69) is 43.2 Å². The van der Waals surface area contributed by atoms with Crippen LogP contribution in [0.5, 0.6) is 0 Å². The van der Waals surface area contributed by atoms with E-state index in [0.717, 1.165) is 5.92 Å². The van der Waals surface area contributed by atoms with Gasteiger partial charge in [-0.05, 0) is 5.92 Å². The lowest BCUT2D eigenvalue weighted by molar-refractivity contribution is 0.696. The average Bonchev–Trinajstić information content (AvgIpc) is 2.81. The van der Waals surface area contributed by atoms with E-state index in [-0.39, 0.29) is 0 Å². The number of rotatable bonds is 0. The minimum Gasteiger partial charge on any atom is -0.368 e. The third-order valence-corrected chi connectivity index (χ3v) is 1.62. The molecule has 1 heterocycles. The Bertz CT molecular complexity index is 224. The van der Waals surface area contributed by atoms with Crippen LogP contribution in [0.2, 0.25) is 0 Å². The standard InChI is InChI=1S/C7H8N2.C4H10.2C2H6/c1-2-4-7-6(3-1)8-5-9-7;1-4(2)3;2*1-2/h1-7H,(H,8,9);4H,1-3H3;2*1-2H3. The van der Waals surface area contributed by atoms with Crippen LogP contribution in [0.3, 0.4) is 0 Å². The maximum atomic E-state index is 4.18. The fourth-order valence-corrected chi connectivity index (χ4v) is 1.11. The molecule has 2 atom stereocenters. The Morgan fingerprint density at radius 2 is 1.41 bits per heavy atom. The molecule has 0 aromatic carbocycles. The van der Waals surface area contributed by atoms with Crippen molar-refractivity contribution in [1.82, 2.24) is 5.32 Å². The lowest BCUT2D eigenvalue weighted by Gasteiger charge is -2.12. The van der Waals surface area contributed by atoms with Gasteiger partial charge in [0.15, 0.2) is 0 Å². The topological polar surface area (TPSA) is 24.4 Å². The first-order valence-corrected chi connectivity index (χ1v) is 6.83. The van der Waals surface area contributed by atoms with Crippen LogP contribution in [0.25, 0.3) is 0 Å². The van der Waals surface area contributed by atoms with Gasteiger partial charge in [0.1, 0.15) is 0 Å². The van der Waals surface area contributed by atoms with Gasteiger partial charge in [-0.2, -0.15) is 0 Å². The highest BCUT2D eigenvalue weighted by molar-refractivity contribution is 5.60. The minimum atomic E-state index is 0.356. The first-order chi connectivity index (χ1) is 8.20. The van der Waals surface area contributed by atoms with Gasteiger partial charge in [0.2, 0.25) is 0 Å². The molecule has 0 aromatic heterocycles. The van der Waals surface area contributed by atoms with E-state index in [9.17, 15) is 0 Å². The van der Waals surface area contributed by atoms with E-state index in [1.54, 1.807) is 6.34 Å². The predicted octanol–water partition coefficient (Wildman–Crippen LogP) is 4.20. The molecule has 2 heteroatoms. The SMILES string of the molecule is C1=CC2N=CNC2C=C1.CC.CC.CC(C)C. The quantitative estimate of drug-likeness (QED) is 0.672. The highest BCUT2D eigenvalue weighted by atomic mass is 15.1. The molecule has 0 radical (unpaired) electrons. The Morgan fingerprint density at radius 1 is 0.941 bits per heavy atom. The van der Waals surface area contributed by atoms with Gasteiger partial charge < -0.3 is 5.32 Å². The molecule has 100 valence electrons. The van der Waals surface area contributed by atoms with Gasteiger partial charge in [0.25, 0.3) is 0 Å². The zero-order valence-electron chi connectivity index (χ0n) is 12.6. The summed E-state index contributed by atoms with van der Waals surface area (Å²) in [6.45, 7) is 14.5. The van der Waals surface area contributed by atoms with Gasteiger partial charge in [0.05, 0.1) is 18.4 Å². The first kappa shape index (κ1) is 18.3. The van der Waals surface area contributed by atoms with Crippen LogP contribution in [0.1, 0.15) is 48.5 Å². The number of hydrogen-bond donors (Lipinski definition) is 1. The van der Waals surface area contributed by atoms with E-state index >= 15 is 0 Å². The third kappa shape index (κ3) is 9.86. The second-order valence-corrected chi connectivity index (χ2v) is 3.96. The molecule has 0 saturated heterocycles. The maximum absolute atomic E-state index is 4.18. The van der Waals surface area contributed by atoms with E-state index in [0.29, 0.717) is 12.1 Å². The van der Waals surface area contributed by atoms with Crippen molar-refractivity contribution < 1.29 is 0 Å². The fraction of sp³-hybridized carbons (Fsp3) is 0.667. The number of nitrogens with one attached hydrogen (secondary N) is 1. The zero-order chi connectivity index (χ0) is 13.7. The van der Waals surface area contributed by atoms with Crippen molar-refractivity contribution in [3.05, 3.63) is 24.3 Å². The lowest BCUT2D eigenvalue weighted by Crippen LogP contribution is -2.29. The van der Waals surface area contributed by atoms with Crippen molar-refractivity contribution in [2.45, 2.75) is 60.5 Å². The molecular formula is C15H30N2. The number of allylic oxidation sites excluding steroid dienone is 2. The largest absolute Gasteiger partial charge is 0.368 e. The number of nitrogens with zero attached hydrogens (tertiary/aromatic N) is 1. The summed E-state index contributed by atoms with van der Waals surface area (Å²) in [7, 11) is 0. The summed E-state index contributed by atoms with van der Waals surface area (Å²) in [5.74, 6) is 0.833. The number of hydrogen-bond acceptors (Lipinski definition) is 2. The Labute approximate surface area is 108 Å². The van der Waals surface area contributed by atoms with Crippen molar-refractivity contribution in [2.24, 2.45) is 10.9 Å². The summed E-state index contributed by atoms with van der Waals surface area (Å²) in [4.78, 5) is 4.18. The van der Waals surface area contributed by atoms with E-state index in [4.69, 9.17) is 0 Å². The van der Waals surface area contributed by atoms with Gasteiger partial charge >= 0.3 is 0 Å². The smallest absolute Gasteiger partial charge is 0.0937 e. The molecule has 1 N–H and O–H groups in total. The van der Waals surface area contributed by atoms with Crippen LogP contribution in [0, 0.1) is 5.92 Å². The molecule has 0 bridgehead atoms. The van der Waals surface area contributed by atoms with Crippen molar-refractivity contribution in [1.29, 1.82) is 0 Å². The van der Waals surface area contributed by atoms with Crippen LogP contribution >= 0.6 is 0 Å². The van der Waals surface area contributed by atoms with E-state index < -0.39 is 0 Å². The second-order valence-electron chi connectivity index (χ2n) is 3.96. The van der Waals surface area contributed by atoms with Gasteiger partial charge in [-0.25, -0.2) is 0 Å². The Balaban J connectivity index is 0. The van der Waals surface area contributed by atoms with Crippen molar-refractivity contribution in [3.8, 4) is 0 Å². The van der Waals surface area contributed by atoms with E-state index in [1.807, 2.05) is 39.8 Å². The predicted molar refractivity (Wildman–Crippen MR) is 80.7 cm³/mol. The summed E-state index contributed by atoms with van der Waals surface area (Å²) in [5, 5.41) is 3.13. The summed E-state index contributed by atoms with van der Waals surface area (Å²) < 4.78 is 0. The Kier molecular flexibility index (Phi) is 14.0. The molecule has 2 unspecified atom stereocenters. The summed E-state index contributed by atoms with van der Waals surface area (Å²) in [5.41, 5.74) is 0. The molecule has 1 aliphatic carbocycles. The van der Waals surface area contributed by atoms with Gasteiger partial charge in [0, 0.05) is 0 Å². The molecule has 1 aliphatic heterocycles. The Morgan fingerprint density at radius 3 is 1.88 bits per heavy atom. The van der Waals surface area contributed by atoms with Crippen LogP contribution in [0.15, 0.2) is 29.3 Å². The lowest BCUT2D eigenvalue weighted by atomic mass is 10.1. The average molecular weight is 238 g/mol. The number of fused-ring (bicyclic) bond motifs is 1. The molecule has 17 heavy (non-hydrogen) atoms. The number of aliphatic imine (C=N–C) groups is 1. The summed E-state index contributed by atoms with van der Waals surface area (Å²) in [6, 6.07) is 0.782. The van der Waals surface area contributed by atoms with Gasteiger partial charge in [-0.3, -0.25) is 4.99 Å². The van der Waals surface area contributed by atoms with Crippen molar-refractivity contribution in [3.63, 3.8) is 0 Å². The summed E-state index contributed by atoms with van der Waals surface area (Å²) in [6.07, 6.45) is 10.1. The third-order valence-electron chi connectivity index (χ3n) is 1.62. The molecule has 2 rings (SSSR count). The highest BCUT2D eigenvalue weighted by Gasteiger charge is 2.19. The molecule has 0 amide bonds. The van der Waals surface area contributed by atoms with Crippen LogP contribution in [-0.4, -0.2) is 18.4 Å². The van der Waals surface area contributed by atoms with Gasteiger partial charge in [-0.15, -0.1) is 0 Å². The normalized spacial score (nSPS) is 22.1. The maximum Gasteiger partial charge on any atom is 0.0937 e. The van der Waals surface area contributed by atoms with Crippen molar-refractivity contribution >= 4 is 6.34 Å². The molecule has 0 saturated carbocycles. The molecule has 0 fully saturated rings. The zero-order valence-corrected chi connectivity index (χ0v) is 12.6. The van der Waals surface area contributed by atoms with Crippen LogP contribution < -0.4 is 5.32 Å². The summed E-state index contributed by atoms with van der Waals surface area (Å²) >= 11 is 0. The second kappa shape index (κ2) is 13.0. The fourth-order valence-electron chi connectivity index (χ4n) is 1.11. The monoisotopic (exact) mass is 238 g/mol. The van der Waals surface area contributed by atoms with Crippen LogP contribution in [-0.2, 0) is 0 Å². The molecule has 0 aromatic rings. The molecule has 0 spiro atoms. The molecular weight excluding hydrogens is 208 g/mol. The Hall–Kier alpha value is -1.05. The minimum absolute atomic E-state index is 0.356. The first-order valence-electron chi connectivity index (χ1n) is 6.83. The highest BCUT2D eigenvalue weighted by Crippen LogP contribution is 2.10.